The van der Waals surface area contributed by atoms with E-state index in [0.29, 0.717) is 18.0 Å². The molecular formula is C26H31NO6. The number of piperidine rings is 1. The summed E-state index contributed by atoms with van der Waals surface area (Å²) in [6.45, 7) is 5.38. The number of hydrogen-bond acceptors (Lipinski definition) is 7. The summed E-state index contributed by atoms with van der Waals surface area (Å²) >= 11 is 0. The Bertz CT molecular complexity index is 960. The normalized spacial score (nSPS) is 23.0. The van der Waals surface area contributed by atoms with Crippen molar-refractivity contribution in [3.8, 4) is 5.75 Å². The second-order valence-electron chi connectivity index (χ2n) is 7.95. The summed E-state index contributed by atoms with van der Waals surface area (Å²) in [5.74, 6) is -1.46. The summed E-state index contributed by atoms with van der Waals surface area (Å²) < 4.78 is 16.6. The van der Waals surface area contributed by atoms with E-state index < -0.39 is 11.9 Å². The Morgan fingerprint density at radius 1 is 0.939 bits per heavy atom. The summed E-state index contributed by atoms with van der Waals surface area (Å²) in [6.07, 6.45) is 2.28. The zero-order chi connectivity index (χ0) is 23.8. The third-order valence-electron chi connectivity index (χ3n) is 5.82. The lowest BCUT2D eigenvalue weighted by Gasteiger charge is -2.36. The highest BCUT2D eigenvalue weighted by atomic mass is 16.6. The van der Waals surface area contributed by atoms with Crippen LogP contribution in [0.15, 0.2) is 54.6 Å². The van der Waals surface area contributed by atoms with Crippen LogP contribution in [0.5, 0.6) is 5.75 Å². The fourth-order valence-corrected chi connectivity index (χ4v) is 4.36. The number of esters is 3. The van der Waals surface area contributed by atoms with Gasteiger partial charge in [-0.25, -0.2) is 9.59 Å². The van der Waals surface area contributed by atoms with Gasteiger partial charge in [0, 0.05) is 31.3 Å². The van der Waals surface area contributed by atoms with Crippen LogP contribution < -0.4 is 10.1 Å². The van der Waals surface area contributed by atoms with Gasteiger partial charge >= 0.3 is 17.9 Å². The first-order chi connectivity index (χ1) is 16.0. The highest BCUT2D eigenvalue weighted by Gasteiger charge is 2.44. The molecule has 2 fully saturated rings. The fraction of sp³-hybridized carbons (Fsp3) is 0.423. The largest absolute Gasteiger partial charge is 0.461 e. The third-order valence-corrected chi connectivity index (χ3v) is 5.82. The number of hydrogen-bond donors (Lipinski definition) is 1. The third kappa shape index (κ3) is 6.20. The summed E-state index contributed by atoms with van der Waals surface area (Å²) in [4.78, 5) is 36.6. The van der Waals surface area contributed by atoms with Crippen molar-refractivity contribution in [3.05, 3.63) is 65.7 Å². The molecule has 1 N–H and O–H groups in total. The molecule has 4 rings (SSSR count). The van der Waals surface area contributed by atoms with Crippen LogP contribution in [0.4, 0.5) is 0 Å². The van der Waals surface area contributed by atoms with E-state index in [9.17, 15) is 14.4 Å². The van der Waals surface area contributed by atoms with E-state index in [1.54, 1.807) is 48.5 Å². The van der Waals surface area contributed by atoms with Crippen LogP contribution in [0.1, 0.15) is 60.7 Å². The number of fused-ring (bicyclic) bond motifs is 2. The second kappa shape index (κ2) is 11.6. The number of ether oxygens (including phenoxy) is 3. The van der Waals surface area contributed by atoms with Gasteiger partial charge in [-0.2, -0.15) is 0 Å². The molecule has 2 heterocycles. The molecule has 2 aliphatic heterocycles. The molecule has 0 aromatic heterocycles. The lowest BCUT2D eigenvalue weighted by molar-refractivity contribution is -0.131. The van der Waals surface area contributed by atoms with Gasteiger partial charge in [-0.05, 0) is 37.1 Å². The highest BCUT2D eigenvalue weighted by molar-refractivity contribution is 5.93. The second-order valence-corrected chi connectivity index (χ2v) is 7.95. The van der Waals surface area contributed by atoms with Crippen molar-refractivity contribution in [1.29, 1.82) is 0 Å². The van der Waals surface area contributed by atoms with Gasteiger partial charge in [-0.1, -0.05) is 44.2 Å². The molecule has 2 saturated heterocycles. The number of carbonyl (C=O) groups is 3. The van der Waals surface area contributed by atoms with Gasteiger partial charge in [-0.3, -0.25) is 4.79 Å². The molecule has 7 heteroatoms. The Hall–Kier alpha value is -3.19. The standard InChI is InChI=1S/C24H25NO6.C2H6/c1-15(26)30-21-10-6-5-9-18(21)24(28)29-14-19-20-12-11-17(25-20)13-22(19)31-23(27)16-7-3-2-4-8-16;1-2/h2-10,17,19-20,22,25H,11-14H2,1H3;1-2H3/t17-,19+,20+,22-;/m0./s1. The predicted molar refractivity (Wildman–Crippen MR) is 123 cm³/mol. The Kier molecular flexibility index (Phi) is 8.60. The van der Waals surface area contributed by atoms with Crippen molar-refractivity contribution in [2.45, 2.75) is 58.2 Å². The van der Waals surface area contributed by atoms with Crippen LogP contribution in [0, 0.1) is 5.92 Å². The quantitative estimate of drug-likeness (QED) is 0.519. The molecule has 33 heavy (non-hydrogen) atoms. The summed E-state index contributed by atoms with van der Waals surface area (Å²) in [5.41, 5.74) is 0.683. The molecule has 176 valence electrons. The number of rotatable bonds is 6. The van der Waals surface area contributed by atoms with Crippen molar-refractivity contribution in [2.24, 2.45) is 5.92 Å². The smallest absolute Gasteiger partial charge is 0.341 e. The van der Waals surface area contributed by atoms with E-state index >= 15 is 0 Å². The minimum atomic E-state index is -0.579. The Morgan fingerprint density at radius 3 is 2.36 bits per heavy atom. The molecule has 0 amide bonds. The molecule has 0 aliphatic carbocycles. The SMILES string of the molecule is CC.CC(=O)Oc1ccccc1C(=O)OC[C@H]1[C@@H](OC(=O)c2ccccc2)C[C@@H]2CC[C@H]1N2. The number of benzene rings is 2. The fourth-order valence-electron chi connectivity index (χ4n) is 4.36. The van der Waals surface area contributed by atoms with Crippen molar-refractivity contribution in [1.82, 2.24) is 5.32 Å². The first-order valence-corrected chi connectivity index (χ1v) is 11.5. The number of para-hydroxylation sites is 1. The first-order valence-electron chi connectivity index (χ1n) is 11.5. The van der Waals surface area contributed by atoms with Gasteiger partial charge in [0.1, 0.15) is 17.4 Å². The van der Waals surface area contributed by atoms with E-state index in [2.05, 4.69) is 5.32 Å². The molecular weight excluding hydrogens is 422 g/mol. The van der Waals surface area contributed by atoms with Crippen molar-refractivity contribution < 1.29 is 28.6 Å². The van der Waals surface area contributed by atoms with Crippen LogP contribution in [0.3, 0.4) is 0 Å². The predicted octanol–water partition coefficient (Wildman–Crippen LogP) is 4.16. The molecule has 2 bridgehead atoms. The van der Waals surface area contributed by atoms with Gasteiger partial charge in [0.2, 0.25) is 0 Å². The summed E-state index contributed by atoms with van der Waals surface area (Å²) in [7, 11) is 0. The molecule has 0 spiro atoms. The summed E-state index contributed by atoms with van der Waals surface area (Å²) in [6, 6.07) is 15.7. The number of nitrogens with one attached hydrogen (secondary N) is 1. The lowest BCUT2D eigenvalue weighted by Crippen LogP contribution is -2.51. The summed E-state index contributed by atoms with van der Waals surface area (Å²) in [5, 5.41) is 3.53. The van der Waals surface area contributed by atoms with E-state index in [0.717, 1.165) is 12.8 Å². The van der Waals surface area contributed by atoms with Crippen molar-refractivity contribution >= 4 is 17.9 Å². The molecule has 0 unspecified atom stereocenters. The van der Waals surface area contributed by atoms with Gasteiger partial charge in [0.25, 0.3) is 0 Å². The minimum Gasteiger partial charge on any atom is -0.461 e. The molecule has 4 atom stereocenters. The van der Waals surface area contributed by atoms with Crippen LogP contribution >= 0.6 is 0 Å². The topological polar surface area (TPSA) is 90.9 Å². The lowest BCUT2D eigenvalue weighted by atomic mass is 9.89. The average Bonchev–Trinajstić information content (AvgIpc) is 3.22. The Morgan fingerprint density at radius 2 is 1.64 bits per heavy atom. The van der Waals surface area contributed by atoms with Crippen LogP contribution in [-0.4, -0.2) is 42.7 Å². The average molecular weight is 454 g/mol. The molecule has 2 aromatic rings. The minimum absolute atomic E-state index is 0.102. The maximum atomic E-state index is 12.7. The molecule has 0 radical (unpaired) electrons. The maximum Gasteiger partial charge on any atom is 0.341 e. The number of carbonyl (C=O) groups excluding carboxylic acids is 3. The molecule has 2 aromatic carbocycles. The van der Waals surface area contributed by atoms with Gasteiger partial charge in [0.05, 0.1) is 12.2 Å². The van der Waals surface area contributed by atoms with Gasteiger partial charge < -0.3 is 19.5 Å². The Balaban J connectivity index is 0.00000149. The molecule has 2 aliphatic rings. The Labute approximate surface area is 194 Å². The van der Waals surface area contributed by atoms with E-state index in [1.807, 2.05) is 19.9 Å². The molecule has 0 saturated carbocycles. The first kappa shape index (κ1) is 24.5. The van der Waals surface area contributed by atoms with Crippen LogP contribution in [-0.2, 0) is 14.3 Å². The van der Waals surface area contributed by atoms with Crippen molar-refractivity contribution in [2.75, 3.05) is 6.61 Å². The zero-order valence-corrected chi connectivity index (χ0v) is 19.3. The van der Waals surface area contributed by atoms with E-state index in [1.165, 1.54) is 6.92 Å². The van der Waals surface area contributed by atoms with Crippen LogP contribution in [0.2, 0.25) is 0 Å². The van der Waals surface area contributed by atoms with E-state index in [-0.39, 0.29) is 42.0 Å². The maximum absolute atomic E-state index is 12.7. The monoisotopic (exact) mass is 453 g/mol. The van der Waals surface area contributed by atoms with Gasteiger partial charge in [-0.15, -0.1) is 0 Å². The highest BCUT2D eigenvalue weighted by Crippen LogP contribution is 2.34. The molecule has 7 nitrogen and oxygen atoms in total. The zero-order valence-electron chi connectivity index (χ0n) is 19.3. The van der Waals surface area contributed by atoms with Crippen LogP contribution in [0.25, 0.3) is 0 Å². The van der Waals surface area contributed by atoms with Crippen molar-refractivity contribution in [3.63, 3.8) is 0 Å². The van der Waals surface area contributed by atoms with Gasteiger partial charge in [0.15, 0.2) is 0 Å². The van der Waals surface area contributed by atoms with E-state index in [4.69, 9.17) is 14.2 Å².